The number of aromatic hydroxyl groups is 1. The van der Waals surface area contributed by atoms with Crippen LogP contribution in [0.3, 0.4) is 0 Å². The van der Waals surface area contributed by atoms with Gasteiger partial charge in [-0.1, -0.05) is 40.2 Å². The Hall–Kier alpha value is -7.02. The van der Waals surface area contributed by atoms with Crippen molar-refractivity contribution in [2.45, 2.75) is 64.1 Å². The Balaban J connectivity index is 0.000000172. The molecule has 19 heteroatoms. The lowest BCUT2D eigenvalue weighted by molar-refractivity contribution is -0.151. The Morgan fingerprint density at radius 3 is 1.59 bits per heavy atom. The molecular formula is C42H37BrN4O14. The lowest BCUT2D eigenvalue weighted by Gasteiger charge is -2.34. The highest BCUT2D eigenvalue weighted by Gasteiger charge is 2.44. The Bertz CT molecular complexity index is 2600. The number of phenolic OH excluding ortho intramolecular Hbond substituents is 1. The van der Waals surface area contributed by atoms with Gasteiger partial charge in [-0.3, -0.25) is 63.6 Å². The maximum absolute atomic E-state index is 13.1. The third kappa shape index (κ3) is 9.10. The Morgan fingerprint density at radius 1 is 0.705 bits per heavy atom. The number of amides is 8. The van der Waals surface area contributed by atoms with Gasteiger partial charge in [-0.25, -0.2) is 4.79 Å². The molecule has 0 spiro atoms. The number of alkyl halides is 1. The molecule has 2 fully saturated rings. The zero-order chi connectivity index (χ0) is 44.5. The fraction of sp³-hybridized carbons (Fsp3) is 0.286. The van der Waals surface area contributed by atoms with Crippen LogP contribution in [0.2, 0.25) is 0 Å². The van der Waals surface area contributed by atoms with Crippen molar-refractivity contribution in [1.29, 1.82) is 0 Å². The molecule has 4 aliphatic rings. The van der Waals surface area contributed by atoms with Crippen molar-refractivity contribution < 1.29 is 67.6 Å². The summed E-state index contributed by atoms with van der Waals surface area (Å²) in [6.07, 6.45) is 0.214. The van der Waals surface area contributed by atoms with E-state index in [1.165, 1.54) is 18.2 Å². The molecule has 4 aromatic rings. The van der Waals surface area contributed by atoms with Crippen LogP contribution in [-0.2, 0) is 33.5 Å². The van der Waals surface area contributed by atoms with E-state index in [0.717, 1.165) is 9.80 Å². The predicted molar refractivity (Wildman–Crippen MR) is 216 cm³/mol. The number of carboxylic acids is 1. The van der Waals surface area contributed by atoms with E-state index in [4.69, 9.17) is 14.6 Å². The smallest absolute Gasteiger partial charge is 0.341 e. The minimum Gasteiger partial charge on any atom is -0.508 e. The maximum atomic E-state index is 13.1. The molecule has 0 aromatic heterocycles. The van der Waals surface area contributed by atoms with Gasteiger partial charge in [0.15, 0.2) is 6.61 Å². The van der Waals surface area contributed by atoms with Gasteiger partial charge in [0.25, 0.3) is 23.6 Å². The van der Waals surface area contributed by atoms with E-state index in [-0.39, 0.29) is 70.8 Å². The molecule has 4 aromatic carbocycles. The summed E-state index contributed by atoms with van der Waals surface area (Å²) >= 11 is 2.99. The number of nitrogens with one attached hydrogen (secondary N) is 2. The van der Waals surface area contributed by atoms with Gasteiger partial charge >= 0.3 is 11.9 Å². The number of nitrogens with zero attached hydrogens (tertiary/aromatic N) is 2. The number of benzene rings is 4. The van der Waals surface area contributed by atoms with E-state index in [1.54, 1.807) is 42.5 Å². The first-order valence-electron chi connectivity index (χ1n) is 18.7. The topological polar surface area (TPSA) is 260 Å². The van der Waals surface area contributed by atoms with E-state index in [2.05, 4.69) is 26.6 Å². The predicted octanol–water partition coefficient (Wildman–Crippen LogP) is 3.37. The largest absolute Gasteiger partial charge is 0.508 e. The second-order valence-electron chi connectivity index (χ2n) is 15.1. The van der Waals surface area contributed by atoms with Crippen molar-refractivity contribution in [3.05, 3.63) is 82.9 Å². The number of rotatable bonds is 6. The minimum atomic E-state index is -1.17. The quantitative estimate of drug-likeness (QED) is 0.123. The average Bonchev–Trinajstić information content (AvgIpc) is 3.19. The lowest BCUT2D eigenvalue weighted by Crippen LogP contribution is -2.57. The molecule has 4 heterocycles. The van der Waals surface area contributed by atoms with Crippen LogP contribution < -0.4 is 15.4 Å². The number of aliphatic carboxylic acids is 1. The van der Waals surface area contributed by atoms with E-state index in [0.29, 0.717) is 27.1 Å². The number of carbonyl (C=O) groups is 10. The highest BCUT2D eigenvalue weighted by Crippen LogP contribution is 2.36. The molecule has 0 saturated carbocycles. The standard InChI is InChI=1S/C19H14N2O7.C17H12N2O5.C6H11BrO2/c22-14-5-4-13(17(25)20-14)21-18(26)11-3-1-2-9-6-10(28-8-15(23)24)7-12(16(9)11)19(21)27;20-9-6-8-2-1-3-10-14(8)11(7-9)17(24)19(16(10)23)12-4-5-13(21)18-15(12)22;1-6(2,3)9-5(8)4-7/h1-3,6-7,13H,4-5,8H2,(H,23,24)(H,20,22,25);1-3,6-7,12,20H,4-5H2,(H,18,21,22);4H2,1-3H3. The fourth-order valence-electron chi connectivity index (χ4n) is 7.23. The molecule has 2 unspecified atom stereocenters. The zero-order valence-corrected chi connectivity index (χ0v) is 34.3. The molecule has 61 heavy (non-hydrogen) atoms. The summed E-state index contributed by atoms with van der Waals surface area (Å²) in [5.74, 6) is -6.09. The number of hydrogen-bond acceptors (Lipinski definition) is 13. The molecule has 0 aliphatic carbocycles. The first-order valence-corrected chi connectivity index (χ1v) is 19.8. The molecule has 4 aliphatic heterocycles. The summed E-state index contributed by atoms with van der Waals surface area (Å²) in [5, 5.41) is 25.2. The van der Waals surface area contributed by atoms with Crippen LogP contribution in [0.1, 0.15) is 87.9 Å². The van der Waals surface area contributed by atoms with E-state index >= 15 is 0 Å². The van der Waals surface area contributed by atoms with Crippen LogP contribution in [0, 0.1) is 0 Å². The van der Waals surface area contributed by atoms with Crippen molar-refractivity contribution in [3.63, 3.8) is 0 Å². The molecule has 8 rings (SSSR count). The minimum absolute atomic E-state index is 0.0201. The zero-order valence-electron chi connectivity index (χ0n) is 32.7. The number of esters is 1. The number of ether oxygens (including phenoxy) is 2. The maximum Gasteiger partial charge on any atom is 0.341 e. The summed E-state index contributed by atoms with van der Waals surface area (Å²) < 4.78 is 10.1. The Kier molecular flexibility index (Phi) is 12.3. The molecule has 316 valence electrons. The van der Waals surface area contributed by atoms with Crippen LogP contribution in [0.5, 0.6) is 11.5 Å². The monoisotopic (exact) mass is 900 g/mol. The van der Waals surface area contributed by atoms with Gasteiger partial charge in [0, 0.05) is 34.7 Å². The van der Waals surface area contributed by atoms with E-state index < -0.39 is 71.9 Å². The third-order valence-corrected chi connectivity index (χ3v) is 10.1. The normalized spacial score (nSPS) is 18.4. The highest BCUT2D eigenvalue weighted by atomic mass is 79.9. The van der Waals surface area contributed by atoms with Crippen LogP contribution in [0.4, 0.5) is 0 Å². The SMILES string of the molecule is CC(C)(C)OC(=O)CBr.O=C(O)COc1cc2c3c(cccc3c1)C(=O)N(C1CCC(=O)NC1=O)C2=O.O=C1CCC(N2C(=O)c3cccc4cc(O)cc(c34)C2=O)C(=O)N1. The Morgan fingerprint density at radius 2 is 1.16 bits per heavy atom. The van der Waals surface area contributed by atoms with Crippen LogP contribution >= 0.6 is 15.9 Å². The van der Waals surface area contributed by atoms with Crippen molar-refractivity contribution in [1.82, 2.24) is 20.4 Å². The van der Waals surface area contributed by atoms with Crippen LogP contribution in [0.25, 0.3) is 21.5 Å². The summed E-state index contributed by atoms with van der Waals surface area (Å²) in [7, 11) is 0. The molecule has 18 nitrogen and oxygen atoms in total. The molecule has 0 radical (unpaired) electrons. The van der Waals surface area contributed by atoms with Crippen molar-refractivity contribution >= 4 is 96.7 Å². The number of hydrogen-bond donors (Lipinski definition) is 4. The molecule has 8 amide bonds. The van der Waals surface area contributed by atoms with Crippen LogP contribution in [-0.4, -0.2) is 109 Å². The lowest BCUT2D eigenvalue weighted by atomic mass is 9.91. The molecular weight excluding hydrogens is 864 g/mol. The number of carbonyl (C=O) groups excluding carboxylic acids is 9. The van der Waals surface area contributed by atoms with Gasteiger partial charge < -0.3 is 19.7 Å². The van der Waals surface area contributed by atoms with E-state index in [9.17, 15) is 53.1 Å². The van der Waals surface area contributed by atoms with E-state index in [1.807, 2.05) is 20.8 Å². The fourth-order valence-corrected chi connectivity index (χ4v) is 7.34. The number of halogens is 1. The second kappa shape index (κ2) is 17.3. The molecule has 2 atom stereocenters. The first kappa shape index (κ1) is 43.6. The average molecular weight is 902 g/mol. The Labute approximate surface area is 354 Å². The van der Waals surface area contributed by atoms with Gasteiger partial charge in [-0.15, -0.1) is 0 Å². The number of piperidine rings is 2. The van der Waals surface area contributed by atoms with Crippen LogP contribution in [0.15, 0.2) is 60.7 Å². The van der Waals surface area contributed by atoms with Gasteiger partial charge in [0.05, 0.1) is 11.1 Å². The number of carboxylic acid groups (broad SMARTS) is 1. The molecule has 0 bridgehead atoms. The summed E-state index contributed by atoms with van der Waals surface area (Å²) in [5.41, 5.74) is 0.501. The number of imide groups is 4. The van der Waals surface area contributed by atoms with Gasteiger partial charge in [-0.2, -0.15) is 0 Å². The van der Waals surface area contributed by atoms with Crippen molar-refractivity contribution in [2.24, 2.45) is 0 Å². The van der Waals surface area contributed by atoms with Crippen molar-refractivity contribution in [2.75, 3.05) is 11.9 Å². The summed E-state index contributed by atoms with van der Waals surface area (Å²) in [6.45, 7) is 4.93. The highest BCUT2D eigenvalue weighted by molar-refractivity contribution is 9.09. The third-order valence-electron chi connectivity index (χ3n) is 9.64. The summed E-state index contributed by atoms with van der Waals surface area (Å²) in [4.78, 5) is 122. The summed E-state index contributed by atoms with van der Waals surface area (Å²) in [6, 6.07) is 13.3. The first-order chi connectivity index (χ1) is 28.8. The molecule has 2 saturated heterocycles. The second-order valence-corrected chi connectivity index (χ2v) is 15.6. The van der Waals surface area contributed by atoms with Gasteiger partial charge in [-0.05, 0) is 80.8 Å². The number of phenols is 1. The van der Waals surface area contributed by atoms with Gasteiger partial charge in [0.1, 0.15) is 34.5 Å². The van der Waals surface area contributed by atoms with Gasteiger partial charge in [0.2, 0.25) is 23.6 Å². The van der Waals surface area contributed by atoms with Crippen molar-refractivity contribution in [3.8, 4) is 11.5 Å². The molecule has 4 N–H and O–H groups in total.